The van der Waals surface area contributed by atoms with Crippen LogP contribution in [0, 0.1) is 0 Å². The van der Waals surface area contributed by atoms with Crippen molar-refractivity contribution in [3.8, 4) is 5.69 Å². The summed E-state index contributed by atoms with van der Waals surface area (Å²) in [5.74, 6) is 0.676. The predicted octanol–water partition coefficient (Wildman–Crippen LogP) is 5.29. The average molecular weight is 498 g/mol. The zero-order valence-corrected chi connectivity index (χ0v) is 20.0. The monoisotopic (exact) mass is 497 g/mol. The van der Waals surface area contributed by atoms with Crippen LogP contribution >= 0.6 is 0 Å². The fourth-order valence-corrected chi connectivity index (χ4v) is 5.34. The number of fused-ring (bicyclic) bond motifs is 1. The van der Waals surface area contributed by atoms with Gasteiger partial charge in [0.25, 0.3) is 0 Å². The maximum absolute atomic E-state index is 13.2. The van der Waals surface area contributed by atoms with Crippen molar-refractivity contribution in [2.45, 2.75) is 50.2 Å². The molecular formula is C27H30F3N5O. The van der Waals surface area contributed by atoms with Gasteiger partial charge >= 0.3 is 12.2 Å². The number of rotatable bonds is 7. The topological polar surface area (TPSA) is 62.2 Å². The number of para-hydroxylation sites is 1. The van der Waals surface area contributed by atoms with Gasteiger partial charge in [-0.05, 0) is 49.9 Å². The van der Waals surface area contributed by atoms with Crippen LogP contribution in [0.3, 0.4) is 0 Å². The summed E-state index contributed by atoms with van der Waals surface area (Å²) in [4.78, 5) is 15.3. The lowest BCUT2D eigenvalue weighted by Crippen LogP contribution is -2.42. The fourth-order valence-electron chi connectivity index (χ4n) is 5.34. The summed E-state index contributed by atoms with van der Waals surface area (Å²) in [7, 11) is 0. The molecule has 0 saturated carbocycles. The van der Waals surface area contributed by atoms with Gasteiger partial charge in [-0.15, -0.1) is 0 Å². The van der Waals surface area contributed by atoms with E-state index in [0.29, 0.717) is 25.5 Å². The van der Waals surface area contributed by atoms with Crippen molar-refractivity contribution in [2.75, 3.05) is 25.0 Å². The van der Waals surface area contributed by atoms with Crippen molar-refractivity contribution >= 4 is 11.8 Å². The Hall–Kier alpha value is -3.33. The Balaban J connectivity index is 1.31. The molecule has 2 aliphatic rings. The average Bonchev–Trinajstić information content (AvgIpc) is 3.56. The third-order valence-electron chi connectivity index (χ3n) is 7.01. The van der Waals surface area contributed by atoms with E-state index < -0.39 is 12.6 Å². The summed E-state index contributed by atoms with van der Waals surface area (Å²) in [6.07, 6.45) is -2.15. The van der Waals surface area contributed by atoms with Gasteiger partial charge in [0.2, 0.25) is 0 Å². The van der Waals surface area contributed by atoms with Crippen LogP contribution in [0.2, 0.25) is 0 Å². The van der Waals surface area contributed by atoms with E-state index in [0.717, 1.165) is 41.8 Å². The number of carbonyl (C=O) groups excluding carboxylic acids is 1. The van der Waals surface area contributed by atoms with Gasteiger partial charge in [-0.3, -0.25) is 5.32 Å². The number of likely N-dealkylation sites (tertiary alicyclic amines) is 1. The molecule has 0 radical (unpaired) electrons. The molecule has 2 N–H and O–H groups in total. The zero-order valence-electron chi connectivity index (χ0n) is 20.0. The Bertz CT molecular complexity index is 1180. The molecule has 0 bridgehead atoms. The lowest BCUT2D eigenvalue weighted by Gasteiger charge is -2.21. The number of hydrogen-bond acceptors (Lipinski definition) is 3. The van der Waals surface area contributed by atoms with Gasteiger partial charge in [0.05, 0.1) is 17.4 Å². The molecule has 190 valence electrons. The molecule has 1 fully saturated rings. The van der Waals surface area contributed by atoms with Crippen LogP contribution in [0.4, 0.5) is 23.8 Å². The van der Waals surface area contributed by atoms with Crippen LogP contribution in [0.15, 0.2) is 60.7 Å². The van der Waals surface area contributed by atoms with E-state index in [1.807, 2.05) is 65.6 Å². The molecule has 0 spiro atoms. The summed E-state index contributed by atoms with van der Waals surface area (Å²) in [6.45, 7) is 1.45. The number of anilines is 1. The highest BCUT2D eigenvalue weighted by Gasteiger charge is 2.36. The number of nitrogens with zero attached hydrogens (tertiary/aromatic N) is 3. The summed E-state index contributed by atoms with van der Waals surface area (Å²) >= 11 is 0. The van der Waals surface area contributed by atoms with Crippen LogP contribution in [-0.4, -0.2) is 52.6 Å². The predicted molar refractivity (Wildman–Crippen MR) is 132 cm³/mol. The quantitative estimate of drug-likeness (QED) is 0.466. The molecule has 36 heavy (non-hydrogen) atoms. The Labute approximate surface area is 208 Å². The molecular weight excluding hydrogens is 467 g/mol. The first kappa shape index (κ1) is 24.4. The molecule has 9 heteroatoms. The number of benzene rings is 2. The van der Waals surface area contributed by atoms with Crippen LogP contribution in [0.25, 0.3) is 5.69 Å². The maximum Gasteiger partial charge on any atom is 0.389 e. The summed E-state index contributed by atoms with van der Waals surface area (Å²) < 4.78 is 39.8. The van der Waals surface area contributed by atoms with Gasteiger partial charge in [-0.1, -0.05) is 48.5 Å². The van der Waals surface area contributed by atoms with Gasteiger partial charge in [0.1, 0.15) is 5.82 Å². The number of halogens is 3. The number of urea groups is 1. The number of aromatic nitrogens is 2. The number of aryl methyl sites for hydroxylation is 1. The molecule has 2 heterocycles. The number of alkyl halides is 3. The number of hydrogen-bond donors (Lipinski definition) is 2. The zero-order chi connectivity index (χ0) is 25.1. The maximum atomic E-state index is 13.2. The van der Waals surface area contributed by atoms with Crippen molar-refractivity contribution in [2.24, 2.45) is 0 Å². The highest BCUT2D eigenvalue weighted by Crippen LogP contribution is 2.32. The van der Waals surface area contributed by atoms with Gasteiger partial charge in [0, 0.05) is 31.0 Å². The van der Waals surface area contributed by atoms with Crippen molar-refractivity contribution in [3.63, 3.8) is 0 Å². The molecule has 1 aromatic heterocycles. The second kappa shape index (κ2) is 10.3. The first-order valence-corrected chi connectivity index (χ1v) is 12.4. The standard InChI is InChI=1S/C27H30F3N5O/c28-27(29,30)15-8-16-34-17-22(19-9-3-1-4-10-19)24(18-34)31-26(36)32-25-21-13-7-14-23(21)33-35(25)20-11-5-2-6-12-20/h1-6,9-12,22,24H,7-8,13-18H2,(H2,31,32,36)/t22?,24-/m1/s1. The van der Waals surface area contributed by atoms with E-state index in [9.17, 15) is 18.0 Å². The molecule has 1 aliphatic carbocycles. The third kappa shape index (κ3) is 5.56. The molecule has 5 rings (SSSR count). The van der Waals surface area contributed by atoms with Gasteiger partial charge in [0.15, 0.2) is 0 Å². The Morgan fingerprint density at radius 3 is 2.44 bits per heavy atom. The van der Waals surface area contributed by atoms with Crippen molar-refractivity contribution in [1.82, 2.24) is 20.0 Å². The molecule has 6 nitrogen and oxygen atoms in total. The smallest absolute Gasteiger partial charge is 0.333 e. The van der Waals surface area contributed by atoms with Crippen molar-refractivity contribution in [1.29, 1.82) is 0 Å². The lowest BCUT2D eigenvalue weighted by molar-refractivity contribution is -0.136. The second-order valence-corrected chi connectivity index (χ2v) is 9.58. The van der Waals surface area contributed by atoms with E-state index in [4.69, 9.17) is 5.10 Å². The largest absolute Gasteiger partial charge is 0.389 e. The summed E-state index contributed by atoms with van der Waals surface area (Å²) in [5, 5.41) is 10.9. The van der Waals surface area contributed by atoms with Crippen LogP contribution in [0.5, 0.6) is 0 Å². The van der Waals surface area contributed by atoms with E-state index in [2.05, 4.69) is 10.6 Å². The molecule has 1 saturated heterocycles. The van der Waals surface area contributed by atoms with Crippen LogP contribution in [0.1, 0.15) is 42.0 Å². The Morgan fingerprint density at radius 1 is 1.00 bits per heavy atom. The highest BCUT2D eigenvalue weighted by atomic mass is 19.4. The van der Waals surface area contributed by atoms with Crippen LogP contribution in [-0.2, 0) is 12.8 Å². The van der Waals surface area contributed by atoms with E-state index in [1.54, 1.807) is 4.68 Å². The minimum Gasteiger partial charge on any atom is -0.333 e. The number of amides is 2. The minimum atomic E-state index is -4.15. The minimum absolute atomic E-state index is 0.00687. The normalized spacial score (nSPS) is 19.9. The molecule has 2 aromatic carbocycles. The Morgan fingerprint density at radius 2 is 1.72 bits per heavy atom. The van der Waals surface area contributed by atoms with Gasteiger partial charge < -0.3 is 10.2 Å². The SMILES string of the molecule is O=C(Nc1c2c(nn1-c1ccccc1)CCC2)N[C@@H]1CN(CCCC(F)(F)F)CC1c1ccccc1. The molecule has 1 aliphatic heterocycles. The third-order valence-corrected chi connectivity index (χ3v) is 7.01. The molecule has 2 amide bonds. The van der Waals surface area contributed by atoms with E-state index in [1.165, 1.54) is 0 Å². The van der Waals surface area contributed by atoms with E-state index >= 15 is 0 Å². The number of nitrogens with one attached hydrogen (secondary N) is 2. The van der Waals surface area contributed by atoms with Crippen LogP contribution < -0.4 is 10.6 Å². The van der Waals surface area contributed by atoms with E-state index in [-0.39, 0.29) is 24.4 Å². The second-order valence-electron chi connectivity index (χ2n) is 9.58. The van der Waals surface area contributed by atoms with Crippen molar-refractivity contribution in [3.05, 3.63) is 77.5 Å². The Kier molecular flexibility index (Phi) is 7.00. The number of carbonyl (C=O) groups is 1. The summed E-state index contributed by atoms with van der Waals surface area (Å²) in [5.41, 5.74) is 4.01. The highest BCUT2D eigenvalue weighted by molar-refractivity contribution is 5.90. The van der Waals surface area contributed by atoms with Gasteiger partial charge in [-0.25, -0.2) is 9.48 Å². The van der Waals surface area contributed by atoms with Crippen molar-refractivity contribution < 1.29 is 18.0 Å². The van der Waals surface area contributed by atoms with Gasteiger partial charge in [-0.2, -0.15) is 18.3 Å². The summed E-state index contributed by atoms with van der Waals surface area (Å²) in [6, 6.07) is 19.0. The molecule has 3 aromatic rings. The molecule has 2 atom stereocenters. The first-order chi connectivity index (χ1) is 17.4. The molecule has 1 unspecified atom stereocenters. The lowest BCUT2D eigenvalue weighted by atomic mass is 9.94. The fraction of sp³-hybridized carbons (Fsp3) is 0.407. The first-order valence-electron chi connectivity index (χ1n) is 12.4.